The molecule has 1 aromatic carbocycles. The van der Waals surface area contributed by atoms with E-state index in [1.165, 1.54) is 37.3 Å². The molecule has 4 heterocycles. The van der Waals surface area contributed by atoms with Crippen LogP contribution in [0.3, 0.4) is 0 Å². The molecule has 2 aromatic heterocycles. The number of urea groups is 1. The molecule has 4 amide bonds. The molecule has 282 valence electrons. The number of benzene rings is 1. The molecule has 1 saturated carbocycles. The molecule has 3 aromatic rings. The first-order valence-corrected chi connectivity index (χ1v) is 15.9. The fraction of sp³-hybridized carbons (Fsp3) is 0.467. The van der Waals surface area contributed by atoms with Crippen molar-refractivity contribution in [1.29, 1.82) is 0 Å². The smallest absolute Gasteiger partial charge is 0.435 e. The number of likely N-dealkylation sites (tertiary alicyclic amines) is 1. The van der Waals surface area contributed by atoms with Gasteiger partial charge in [-0.2, -0.15) is 18.3 Å². The third-order valence-electron chi connectivity index (χ3n) is 8.72. The summed E-state index contributed by atoms with van der Waals surface area (Å²) < 4.78 is 75.6. The normalized spacial score (nSPS) is 23.4. The van der Waals surface area contributed by atoms with Gasteiger partial charge in [0.2, 0.25) is 0 Å². The first kappa shape index (κ1) is 38.4. The maximum absolute atomic E-state index is 13.8. The number of methoxy groups -OCH3 is 1. The summed E-state index contributed by atoms with van der Waals surface area (Å²) in [6.07, 6.45) is -4.97. The van der Waals surface area contributed by atoms with Gasteiger partial charge < -0.3 is 45.7 Å². The van der Waals surface area contributed by atoms with Gasteiger partial charge in [-0.15, -0.1) is 0 Å². The second-order valence-electron chi connectivity index (χ2n) is 12.2. The Balaban J connectivity index is 0.00000168. The maximum atomic E-state index is 13.8. The van der Waals surface area contributed by atoms with Crippen molar-refractivity contribution in [3.05, 3.63) is 52.7 Å². The lowest BCUT2D eigenvalue weighted by atomic mass is 10.1. The standard InChI is InChI=1S/C29H31ClF5N9O5.CH2O2/c1-42-19(15-10-44(22-6-28(22,31)32)41-23(15)29(33,34)35)8-37-24(42)26(47)38-13-3-4-14(16(30)5-13)25(46)39-18-11-43(12-21(18)49-2)27(48)40-17-7-36-9-20(17)45;2-1-3/h3-5,8,10,17-18,20-22,36,45H,6-7,9,11-12H2,1-2H3,(H,38,47)(H,39,46)(H,40,48);1H,(H,2,3)/t17-,18-,20-,21-,22-;/m1./s1. The van der Waals surface area contributed by atoms with Gasteiger partial charge in [-0.25, -0.2) is 18.6 Å². The van der Waals surface area contributed by atoms with Crippen LogP contribution in [0.5, 0.6) is 0 Å². The number of hydrogen-bond acceptors (Lipinski definition) is 9. The van der Waals surface area contributed by atoms with Crippen molar-refractivity contribution >= 4 is 41.6 Å². The first-order valence-electron chi connectivity index (χ1n) is 15.5. The fourth-order valence-electron chi connectivity index (χ4n) is 5.89. The predicted molar refractivity (Wildman–Crippen MR) is 171 cm³/mol. The van der Waals surface area contributed by atoms with E-state index < -0.39 is 78.0 Å². The SMILES string of the molecule is CO[C@@H]1CN(C(=O)N[C@@H]2CNC[C@H]2O)C[C@H]1NC(=O)c1ccc(NC(=O)c2ncc(-c3cn([C@@H]4CC4(F)F)nc3C(F)(F)F)n2C)cc1Cl.O=CO. The zero-order valence-corrected chi connectivity index (χ0v) is 28.1. The van der Waals surface area contributed by atoms with Crippen LogP contribution in [0.15, 0.2) is 30.6 Å². The number of carboxylic acid groups (broad SMARTS) is 1. The molecule has 3 aliphatic rings. The number of amides is 4. The largest absolute Gasteiger partial charge is 0.483 e. The number of rotatable bonds is 8. The number of ether oxygens (including phenoxy) is 1. The van der Waals surface area contributed by atoms with E-state index in [1.54, 1.807) is 0 Å². The van der Waals surface area contributed by atoms with Crippen molar-refractivity contribution in [3.63, 3.8) is 0 Å². The average molecular weight is 762 g/mol. The molecule has 2 saturated heterocycles. The van der Waals surface area contributed by atoms with E-state index in [1.807, 2.05) is 0 Å². The van der Waals surface area contributed by atoms with Crippen molar-refractivity contribution in [2.45, 2.75) is 48.9 Å². The molecule has 0 radical (unpaired) electrons. The van der Waals surface area contributed by atoms with Crippen LogP contribution in [0.2, 0.25) is 5.02 Å². The summed E-state index contributed by atoms with van der Waals surface area (Å²) in [7, 11) is 2.74. The summed E-state index contributed by atoms with van der Waals surface area (Å²) in [5, 5.41) is 31.3. The Kier molecular flexibility index (Phi) is 11.1. The summed E-state index contributed by atoms with van der Waals surface area (Å²) in [6, 6.07) is 1.08. The average Bonchev–Trinajstić information content (AvgIpc) is 3.62. The van der Waals surface area contributed by atoms with Gasteiger partial charge in [0, 0.05) is 52.1 Å². The van der Waals surface area contributed by atoms with Crippen molar-refractivity contribution < 1.29 is 56.1 Å². The van der Waals surface area contributed by atoms with Crippen LogP contribution in [-0.2, 0) is 22.8 Å². The Bertz CT molecular complexity index is 1840. The van der Waals surface area contributed by atoms with E-state index in [0.717, 1.165) is 17.0 Å². The number of anilines is 1. The zero-order chi connectivity index (χ0) is 38.1. The monoisotopic (exact) mass is 761 g/mol. The number of carbonyl (C=O) groups excluding carboxylic acids is 3. The van der Waals surface area contributed by atoms with Crippen LogP contribution in [-0.4, -0.2) is 122 Å². The number of nitrogens with one attached hydrogen (secondary N) is 4. The van der Waals surface area contributed by atoms with Crippen molar-refractivity contribution in [2.75, 3.05) is 38.6 Å². The molecule has 3 fully saturated rings. The van der Waals surface area contributed by atoms with Gasteiger partial charge in [0.05, 0.1) is 58.9 Å². The van der Waals surface area contributed by atoms with Crippen LogP contribution < -0.4 is 21.3 Å². The molecule has 0 spiro atoms. The van der Waals surface area contributed by atoms with Gasteiger partial charge in [-0.3, -0.25) is 19.1 Å². The molecule has 0 unspecified atom stereocenters. The number of aromatic nitrogens is 4. The number of aliphatic hydroxyl groups is 1. The summed E-state index contributed by atoms with van der Waals surface area (Å²) in [4.78, 5) is 52.8. The Morgan fingerprint density at radius 2 is 1.83 bits per heavy atom. The third-order valence-corrected chi connectivity index (χ3v) is 9.03. The summed E-state index contributed by atoms with van der Waals surface area (Å²) in [5.74, 6) is -4.87. The molecule has 2 aliphatic heterocycles. The molecule has 0 bridgehead atoms. The maximum Gasteiger partial charge on any atom is 0.435 e. The second kappa shape index (κ2) is 15.0. The molecule has 5 atom stereocenters. The quantitative estimate of drug-likeness (QED) is 0.145. The van der Waals surface area contributed by atoms with E-state index in [2.05, 4.69) is 31.3 Å². The molecular weight excluding hydrogens is 729 g/mol. The van der Waals surface area contributed by atoms with E-state index in [9.17, 15) is 41.4 Å². The number of aliphatic hydroxyl groups excluding tert-OH is 1. The molecule has 16 nitrogen and oxygen atoms in total. The molecule has 52 heavy (non-hydrogen) atoms. The number of imidazole rings is 1. The van der Waals surface area contributed by atoms with E-state index >= 15 is 0 Å². The topological polar surface area (TPSA) is 205 Å². The molecule has 6 N–H and O–H groups in total. The van der Waals surface area contributed by atoms with Gasteiger partial charge in [0.15, 0.2) is 11.5 Å². The van der Waals surface area contributed by atoms with Gasteiger partial charge in [0.25, 0.3) is 24.2 Å². The zero-order valence-electron chi connectivity index (χ0n) is 27.3. The Morgan fingerprint density at radius 1 is 1.13 bits per heavy atom. The van der Waals surface area contributed by atoms with Crippen LogP contribution in [0.4, 0.5) is 32.4 Å². The first-order chi connectivity index (χ1) is 24.5. The number of carbonyl (C=O) groups is 4. The lowest BCUT2D eigenvalue weighted by Gasteiger charge is -2.22. The highest BCUT2D eigenvalue weighted by Crippen LogP contribution is 2.53. The third kappa shape index (κ3) is 8.11. The summed E-state index contributed by atoms with van der Waals surface area (Å²) in [5.41, 5.74) is -1.90. The highest BCUT2D eigenvalue weighted by molar-refractivity contribution is 6.34. The molecule has 6 rings (SSSR count). The summed E-state index contributed by atoms with van der Waals surface area (Å²) in [6.45, 7) is 0.855. The molecule has 22 heteroatoms. The van der Waals surface area contributed by atoms with Gasteiger partial charge in [-0.1, -0.05) is 11.6 Å². The number of halogens is 6. The van der Waals surface area contributed by atoms with Crippen LogP contribution in [0.1, 0.15) is 39.1 Å². The van der Waals surface area contributed by atoms with Gasteiger partial charge >= 0.3 is 12.2 Å². The minimum Gasteiger partial charge on any atom is -0.483 e. The Morgan fingerprint density at radius 3 is 2.40 bits per heavy atom. The van der Waals surface area contributed by atoms with Crippen molar-refractivity contribution in [2.24, 2.45) is 7.05 Å². The van der Waals surface area contributed by atoms with E-state index in [4.69, 9.17) is 26.2 Å². The number of alkyl halides is 5. The highest BCUT2D eigenvalue weighted by Gasteiger charge is 2.59. The molecular formula is C30H33ClF5N9O7. The minimum atomic E-state index is -4.96. The van der Waals surface area contributed by atoms with Crippen molar-refractivity contribution in [1.82, 2.24) is 40.2 Å². The van der Waals surface area contributed by atoms with E-state index in [-0.39, 0.29) is 47.4 Å². The highest BCUT2D eigenvalue weighted by atomic mass is 35.5. The fourth-order valence-corrected chi connectivity index (χ4v) is 6.16. The van der Waals surface area contributed by atoms with E-state index in [0.29, 0.717) is 17.8 Å². The summed E-state index contributed by atoms with van der Waals surface area (Å²) >= 11 is 6.39. The lowest BCUT2D eigenvalue weighted by Crippen LogP contribution is -2.49. The number of hydrogen-bond donors (Lipinski definition) is 6. The van der Waals surface area contributed by atoms with Crippen molar-refractivity contribution in [3.8, 4) is 11.3 Å². The Labute approximate surface area is 296 Å². The minimum absolute atomic E-state index is 0.0424. The number of nitrogens with zero attached hydrogens (tertiary/aromatic N) is 5. The lowest BCUT2D eigenvalue weighted by molar-refractivity contribution is -0.141. The second-order valence-corrected chi connectivity index (χ2v) is 12.6. The van der Waals surface area contributed by atoms with Crippen LogP contribution >= 0.6 is 11.6 Å². The number of β-amino-alcohol motifs (C(OH)–C–C–N with tert-alkyl or cyclic N) is 1. The Hall–Kier alpha value is -4.86. The van der Waals surface area contributed by atoms with Gasteiger partial charge in [0.1, 0.15) is 6.04 Å². The van der Waals surface area contributed by atoms with Gasteiger partial charge in [-0.05, 0) is 18.2 Å². The molecule has 1 aliphatic carbocycles. The van der Waals surface area contributed by atoms with Crippen LogP contribution in [0, 0.1) is 0 Å². The van der Waals surface area contributed by atoms with Crippen LogP contribution in [0.25, 0.3) is 11.3 Å². The predicted octanol–water partition coefficient (Wildman–Crippen LogP) is 1.96.